The van der Waals surface area contributed by atoms with E-state index in [2.05, 4.69) is 10.1 Å². The minimum atomic E-state index is -0.467. The van der Waals surface area contributed by atoms with Gasteiger partial charge in [-0.15, -0.1) is 0 Å². The van der Waals surface area contributed by atoms with Crippen molar-refractivity contribution in [1.29, 1.82) is 0 Å². The molecule has 0 aliphatic carbocycles. The minimum Gasteiger partial charge on any atom is -0.462 e. The second kappa shape index (κ2) is 8.48. The molecule has 2 heterocycles. The van der Waals surface area contributed by atoms with Gasteiger partial charge in [-0.3, -0.25) is 9.67 Å². The molecule has 3 aromatic rings. The summed E-state index contributed by atoms with van der Waals surface area (Å²) < 4.78 is 6.56. The number of hydrogen-bond acceptors (Lipinski definition) is 5. The maximum atomic E-state index is 11.8. The van der Waals surface area contributed by atoms with Gasteiger partial charge in [0.25, 0.3) is 0 Å². The Labute approximate surface area is 151 Å². The third kappa shape index (κ3) is 4.48. The number of carbonyl (C=O) groups is 1. The Hall–Kier alpha value is -2.60. The molecule has 0 fully saturated rings. The number of aromatic nitrogens is 3. The first kappa shape index (κ1) is 18.7. The normalized spacial score (nSPS) is 10.2. The highest BCUT2D eigenvalue weighted by Crippen LogP contribution is 2.19. The quantitative estimate of drug-likeness (QED) is 0.713. The van der Waals surface area contributed by atoms with E-state index < -0.39 is 5.97 Å². The van der Waals surface area contributed by atoms with Gasteiger partial charge < -0.3 is 10.5 Å². The van der Waals surface area contributed by atoms with Crippen LogP contribution in [0.1, 0.15) is 36.7 Å². The summed E-state index contributed by atoms with van der Waals surface area (Å²) in [6, 6.07) is 7.70. The molecule has 2 aromatic heterocycles. The lowest BCUT2D eigenvalue weighted by Crippen LogP contribution is -2.06. The van der Waals surface area contributed by atoms with Crippen molar-refractivity contribution < 1.29 is 9.53 Å². The van der Waals surface area contributed by atoms with E-state index in [4.69, 9.17) is 22.1 Å². The zero-order valence-corrected chi connectivity index (χ0v) is 15.2. The molecule has 0 radical (unpaired) electrons. The Morgan fingerprint density at radius 3 is 2.80 bits per heavy atom. The number of carbonyl (C=O) groups excluding carboxylic acids is 1. The summed E-state index contributed by atoms with van der Waals surface area (Å²) in [7, 11) is 0. The summed E-state index contributed by atoms with van der Waals surface area (Å²) in [6.07, 6.45) is 3.21. The monoisotopic (exact) mass is 360 g/mol. The van der Waals surface area contributed by atoms with Crippen molar-refractivity contribution >= 4 is 34.3 Å². The molecule has 0 saturated carbocycles. The second-order valence-electron chi connectivity index (χ2n) is 5.03. The number of ether oxygens (including phenoxy) is 1. The molecular weight excluding hydrogens is 340 g/mol. The van der Waals surface area contributed by atoms with Gasteiger partial charge in [0.15, 0.2) is 5.82 Å². The summed E-state index contributed by atoms with van der Waals surface area (Å²) in [6.45, 7) is 6.51. The van der Waals surface area contributed by atoms with Crippen LogP contribution in [0, 0.1) is 0 Å². The average molecular weight is 361 g/mol. The number of rotatable bonds is 4. The first-order valence-corrected chi connectivity index (χ1v) is 8.49. The predicted octanol–water partition coefficient (Wildman–Crippen LogP) is 3.92. The smallest absolute Gasteiger partial charge is 0.343 e. The van der Waals surface area contributed by atoms with Crippen LogP contribution in [0.3, 0.4) is 0 Å². The molecule has 132 valence electrons. The van der Waals surface area contributed by atoms with Gasteiger partial charge in [0, 0.05) is 17.8 Å². The van der Waals surface area contributed by atoms with Gasteiger partial charge in [-0.1, -0.05) is 31.5 Å². The maximum Gasteiger partial charge on any atom is 0.343 e. The van der Waals surface area contributed by atoms with Crippen LogP contribution in [0.2, 0.25) is 5.02 Å². The highest BCUT2D eigenvalue weighted by atomic mass is 35.5. The summed E-state index contributed by atoms with van der Waals surface area (Å²) in [5, 5.41) is 5.69. The third-order valence-corrected chi connectivity index (χ3v) is 3.55. The van der Waals surface area contributed by atoms with Crippen LogP contribution in [0.25, 0.3) is 10.9 Å². The molecule has 0 saturated heterocycles. The van der Waals surface area contributed by atoms with Crippen molar-refractivity contribution in [3.05, 3.63) is 52.8 Å². The molecule has 0 spiro atoms. The van der Waals surface area contributed by atoms with Crippen LogP contribution in [-0.4, -0.2) is 27.3 Å². The van der Waals surface area contributed by atoms with Crippen molar-refractivity contribution in [3.63, 3.8) is 0 Å². The van der Waals surface area contributed by atoms with Gasteiger partial charge in [-0.2, -0.15) is 5.10 Å². The molecule has 0 amide bonds. The van der Waals surface area contributed by atoms with Crippen LogP contribution in [0.15, 0.2) is 36.7 Å². The summed E-state index contributed by atoms with van der Waals surface area (Å²) in [4.78, 5) is 16.0. The number of halogens is 1. The van der Waals surface area contributed by atoms with Gasteiger partial charge in [0.2, 0.25) is 0 Å². The van der Waals surface area contributed by atoms with Gasteiger partial charge in [-0.05, 0) is 30.7 Å². The van der Waals surface area contributed by atoms with Crippen molar-refractivity contribution in [3.8, 4) is 0 Å². The van der Waals surface area contributed by atoms with Gasteiger partial charge in [0.05, 0.1) is 23.7 Å². The van der Waals surface area contributed by atoms with E-state index in [0.29, 0.717) is 18.2 Å². The molecular formula is C18H21ClN4O2. The predicted molar refractivity (Wildman–Crippen MR) is 99.8 cm³/mol. The molecule has 1 aromatic carbocycles. The standard InChI is InChI=1S/C16H15ClN4O2.C2H6/c1-2-23-16(22)13-9-21(20-15(13)18)8-10-3-4-14-11(5-10)6-12(17)7-19-14;1-2/h3-7,9H,2,8H2,1H3,(H2,18,20);1-2H3. The fourth-order valence-electron chi connectivity index (χ4n) is 2.32. The number of hydrogen-bond donors (Lipinski definition) is 1. The highest BCUT2D eigenvalue weighted by molar-refractivity contribution is 6.31. The fraction of sp³-hybridized carbons (Fsp3) is 0.278. The van der Waals surface area contributed by atoms with Crippen LogP contribution < -0.4 is 5.73 Å². The molecule has 0 atom stereocenters. The molecule has 0 unspecified atom stereocenters. The Balaban J connectivity index is 0.00000109. The van der Waals surface area contributed by atoms with Crippen molar-refractivity contribution in [1.82, 2.24) is 14.8 Å². The summed E-state index contributed by atoms with van der Waals surface area (Å²) >= 11 is 5.97. The van der Waals surface area contributed by atoms with E-state index in [-0.39, 0.29) is 11.4 Å². The highest BCUT2D eigenvalue weighted by Gasteiger charge is 2.15. The van der Waals surface area contributed by atoms with E-state index in [1.807, 2.05) is 38.1 Å². The lowest BCUT2D eigenvalue weighted by Gasteiger charge is -2.04. The van der Waals surface area contributed by atoms with E-state index in [1.165, 1.54) is 0 Å². The average Bonchev–Trinajstić information content (AvgIpc) is 2.97. The van der Waals surface area contributed by atoms with Gasteiger partial charge in [0.1, 0.15) is 5.56 Å². The first-order chi connectivity index (χ1) is 12.1. The lowest BCUT2D eigenvalue weighted by atomic mass is 10.1. The Kier molecular flexibility index (Phi) is 6.36. The lowest BCUT2D eigenvalue weighted by molar-refractivity contribution is 0.0527. The zero-order chi connectivity index (χ0) is 18.4. The van der Waals surface area contributed by atoms with Crippen molar-refractivity contribution in [2.45, 2.75) is 27.3 Å². The second-order valence-corrected chi connectivity index (χ2v) is 5.46. The van der Waals surface area contributed by atoms with E-state index >= 15 is 0 Å². The maximum absolute atomic E-state index is 11.8. The molecule has 7 heteroatoms. The number of nitrogen functional groups attached to an aromatic ring is 1. The Morgan fingerprint density at radius 2 is 2.08 bits per heavy atom. The largest absolute Gasteiger partial charge is 0.462 e. The molecule has 3 rings (SSSR count). The number of nitrogens with two attached hydrogens (primary N) is 1. The Morgan fingerprint density at radius 1 is 1.32 bits per heavy atom. The molecule has 25 heavy (non-hydrogen) atoms. The SMILES string of the molecule is CC.CCOC(=O)c1cn(Cc2ccc3ncc(Cl)cc3c2)nc1N. The molecule has 0 aliphatic heterocycles. The van der Waals surface area contributed by atoms with Gasteiger partial charge in [-0.25, -0.2) is 4.79 Å². The summed E-state index contributed by atoms with van der Waals surface area (Å²) in [5.41, 5.74) is 7.92. The van der Waals surface area contributed by atoms with Crippen molar-refractivity contribution in [2.24, 2.45) is 0 Å². The number of nitrogens with zero attached hydrogens (tertiary/aromatic N) is 3. The number of benzene rings is 1. The number of pyridine rings is 1. The van der Waals surface area contributed by atoms with E-state index in [0.717, 1.165) is 16.5 Å². The number of fused-ring (bicyclic) bond motifs is 1. The van der Waals surface area contributed by atoms with Crippen molar-refractivity contribution in [2.75, 3.05) is 12.3 Å². The number of anilines is 1. The molecule has 0 bridgehead atoms. The van der Waals surface area contributed by atoms with Crippen LogP contribution in [0.4, 0.5) is 5.82 Å². The first-order valence-electron chi connectivity index (χ1n) is 8.11. The molecule has 6 nitrogen and oxygen atoms in total. The van der Waals surface area contributed by atoms with E-state index in [1.54, 1.807) is 24.0 Å². The number of esters is 1. The molecule has 2 N–H and O–H groups in total. The van der Waals surface area contributed by atoms with Crippen LogP contribution in [-0.2, 0) is 11.3 Å². The van der Waals surface area contributed by atoms with Gasteiger partial charge >= 0.3 is 5.97 Å². The minimum absolute atomic E-state index is 0.161. The summed E-state index contributed by atoms with van der Waals surface area (Å²) in [5.74, 6) is -0.306. The van der Waals surface area contributed by atoms with E-state index in [9.17, 15) is 4.79 Å². The molecule has 0 aliphatic rings. The third-order valence-electron chi connectivity index (χ3n) is 3.34. The van der Waals surface area contributed by atoms with Crippen LogP contribution in [0.5, 0.6) is 0 Å². The fourth-order valence-corrected chi connectivity index (χ4v) is 2.49. The topological polar surface area (TPSA) is 83.0 Å². The zero-order valence-electron chi connectivity index (χ0n) is 14.5. The Bertz CT molecular complexity index is 877. The van der Waals surface area contributed by atoms with Crippen LogP contribution >= 0.6 is 11.6 Å².